The molecule has 1 heterocycles. The maximum atomic E-state index is 12.6. The fourth-order valence-electron chi connectivity index (χ4n) is 4.22. The molecule has 1 saturated heterocycles. The average molecular weight is 461 g/mol. The highest BCUT2D eigenvalue weighted by Gasteiger charge is 2.30. The largest absolute Gasteiger partial charge is 0.416 e. The van der Waals surface area contributed by atoms with Gasteiger partial charge in [-0.3, -0.25) is 9.59 Å². The second kappa shape index (κ2) is 11.5. The van der Waals surface area contributed by atoms with E-state index in [9.17, 15) is 22.8 Å². The summed E-state index contributed by atoms with van der Waals surface area (Å²) in [6.45, 7) is 4.73. The van der Waals surface area contributed by atoms with Crippen LogP contribution in [0.5, 0.6) is 0 Å². The molecule has 2 aromatic carbocycles. The molecule has 7 heteroatoms. The summed E-state index contributed by atoms with van der Waals surface area (Å²) in [6, 6.07) is 12.5. The zero-order valence-electron chi connectivity index (χ0n) is 19.0. The number of amides is 1. The van der Waals surface area contributed by atoms with Crippen molar-refractivity contribution in [3.63, 3.8) is 0 Å². The first-order chi connectivity index (χ1) is 15.8. The van der Waals surface area contributed by atoms with Gasteiger partial charge in [-0.15, -0.1) is 0 Å². The lowest BCUT2D eigenvalue weighted by atomic mass is 9.89. The number of halogens is 3. The minimum absolute atomic E-state index is 0.0128. The lowest BCUT2D eigenvalue weighted by Gasteiger charge is -2.32. The van der Waals surface area contributed by atoms with Gasteiger partial charge < -0.3 is 10.2 Å². The normalized spacial score (nSPS) is 15.4. The summed E-state index contributed by atoms with van der Waals surface area (Å²) in [6.07, 6.45) is 0.124. The van der Waals surface area contributed by atoms with Gasteiger partial charge >= 0.3 is 6.18 Å². The number of benzene rings is 2. The molecule has 0 radical (unpaired) electrons. The van der Waals surface area contributed by atoms with Crippen molar-refractivity contribution in [2.24, 2.45) is 0 Å². The summed E-state index contributed by atoms with van der Waals surface area (Å²) < 4.78 is 37.9. The molecule has 2 aromatic rings. The summed E-state index contributed by atoms with van der Waals surface area (Å²) in [7, 11) is 0. The van der Waals surface area contributed by atoms with Gasteiger partial charge in [-0.2, -0.15) is 13.2 Å². The third-order valence-corrected chi connectivity index (χ3v) is 6.21. The lowest BCUT2D eigenvalue weighted by molar-refractivity contribution is -0.137. The Morgan fingerprint density at radius 3 is 2.36 bits per heavy atom. The number of hydrogen-bond donors (Lipinski definition) is 1. The third kappa shape index (κ3) is 7.42. The van der Waals surface area contributed by atoms with Gasteiger partial charge in [-0.1, -0.05) is 31.2 Å². The van der Waals surface area contributed by atoms with Crippen molar-refractivity contribution < 1.29 is 22.8 Å². The Morgan fingerprint density at radius 2 is 1.73 bits per heavy atom. The van der Waals surface area contributed by atoms with Crippen molar-refractivity contribution in [2.75, 3.05) is 25.0 Å². The van der Waals surface area contributed by atoms with Gasteiger partial charge in [0.25, 0.3) is 0 Å². The molecule has 1 fully saturated rings. The molecule has 1 aliphatic heterocycles. The molecule has 0 bridgehead atoms. The summed E-state index contributed by atoms with van der Waals surface area (Å²) >= 11 is 0. The Bertz CT molecular complexity index is 933. The van der Waals surface area contributed by atoms with Crippen molar-refractivity contribution in [1.29, 1.82) is 0 Å². The number of unbranched alkanes of at least 4 members (excludes halogenated alkanes) is 1. The lowest BCUT2D eigenvalue weighted by Crippen LogP contribution is -2.33. The van der Waals surface area contributed by atoms with E-state index in [0.717, 1.165) is 63.1 Å². The number of nitrogens with one attached hydrogen (secondary N) is 1. The molecule has 33 heavy (non-hydrogen) atoms. The quantitative estimate of drug-likeness (QED) is 0.354. The van der Waals surface area contributed by atoms with E-state index in [4.69, 9.17) is 0 Å². The number of Topliss-reactive ketones (excluding diaryl/α,β-unsaturated/α-hetero) is 1. The van der Waals surface area contributed by atoms with E-state index in [1.54, 1.807) is 0 Å². The number of ketones is 1. The van der Waals surface area contributed by atoms with Crippen LogP contribution < -0.4 is 5.32 Å². The minimum atomic E-state index is -4.39. The number of rotatable bonds is 9. The molecular formula is C26H31F3N2O2. The smallest absolute Gasteiger partial charge is 0.326 e. The van der Waals surface area contributed by atoms with Crippen LogP contribution in [0.2, 0.25) is 0 Å². The van der Waals surface area contributed by atoms with E-state index in [1.165, 1.54) is 17.7 Å². The molecule has 0 aromatic heterocycles. The maximum Gasteiger partial charge on any atom is 0.416 e. The number of hydrogen-bond acceptors (Lipinski definition) is 3. The van der Waals surface area contributed by atoms with Crippen LogP contribution in [0.1, 0.15) is 72.9 Å². The van der Waals surface area contributed by atoms with Crippen molar-refractivity contribution in [3.8, 4) is 0 Å². The molecule has 1 amide bonds. The van der Waals surface area contributed by atoms with E-state index in [0.29, 0.717) is 24.3 Å². The second-order valence-electron chi connectivity index (χ2n) is 8.60. The van der Waals surface area contributed by atoms with Crippen LogP contribution in [0.25, 0.3) is 0 Å². The topological polar surface area (TPSA) is 49.4 Å². The van der Waals surface area contributed by atoms with Crippen molar-refractivity contribution >= 4 is 17.4 Å². The van der Waals surface area contributed by atoms with Gasteiger partial charge in [0.2, 0.25) is 5.91 Å². The van der Waals surface area contributed by atoms with Crippen LogP contribution in [0.15, 0.2) is 48.5 Å². The maximum absolute atomic E-state index is 12.6. The van der Waals surface area contributed by atoms with Gasteiger partial charge in [-0.25, -0.2) is 0 Å². The number of alkyl halides is 3. The second-order valence-corrected chi connectivity index (χ2v) is 8.60. The third-order valence-electron chi connectivity index (χ3n) is 6.21. The Kier molecular flexibility index (Phi) is 8.67. The molecule has 0 atom stereocenters. The monoisotopic (exact) mass is 460 g/mol. The first-order valence-corrected chi connectivity index (χ1v) is 11.6. The van der Waals surface area contributed by atoms with Crippen LogP contribution >= 0.6 is 0 Å². The molecule has 0 unspecified atom stereocenters. The van der Waals surface area contributed by atoms with E-state index in [-0.39, 0.29) is 11.7 Å². The van der Waals surface area contributed by atoms with Gasteiger partial charge in [0.1, 0.15) is 0 Å². The number of carbonyl (C=O) groups is 2. The van der Waals surface area contributed by atoms with E-state index in [1.807, 2.05) is 19.1 Å². The number of nitrogens with zero attached hydrogens (tertiary/aromatic N) is 1. The van der Waals surface area contributed by atoms with Crippen LogP contribution in [0.4, 0.5) is 18.9 Å². The van der Waals surface area contributed by atoms with Gasteiger partial charge in [-0.05, 0) is 81.1 Å². The van der Waals surface area contributed by atoms with E-state index in [2.05, 4.69) is 22.3 Å². The van der Waals surface area contributed by atoms with Gasteiger partial charge in [0.05, 0.1) is 5.56 Å². The average Bonchev–Trinajstić information content (AvgIpc) is 2.81. The molecule has 0 aliphatic carbocycles. The summed E-state index contributed by atoms with van der Waals surface area (Å²) in [5.41, 5.74) is 1.70. The zero-order valence-corrected chi connectivity index (χ0v) is 19.0. The number of carbonyl (C=O) groups excluding carboxylic acids is 2. The van der Waals surface area contributed by atoms with Gasteiger partial charge in [0, 0.05) is 24.1 Å². The molecule has 3 rings (SSSR count). The highest BCUT2D eigenvalue weighted by Crippen LogP contribution is 2.30. The highest BCUT2D eigenvalue weighted by molar-refractivity contribution is 5.96. The Labute approximate surface area is 193 Å². The zero-order chi connectivity index (χ0) is 23.8. The summed E-state index contributed by atoms with van der Waals surface area (Å²) in [4.78, 5) is 26.3. The molecule has 4 nitrogen and oxygen atoms in total. The first kappa shape index (κ1) is 25.0. The van der Waals surface area contributed by atoms with Crippen LogP contribution in [0, 0.1) is 0 Å². The molecule has 178 valence electrons. The fraction of sp³-hybridized carbons (Fsp3) is 0.462. The SMILES string of the molecule is CCC(=O)Nc1cccc(C2CCN(CCCCC(=O)c3ccc(C(F)(F)F)cc3)CC2)c1. The Balaban J connectivity index is 1.37. The minimum Gasteiger partial charge on any atom is -0.326 e. The Morgan fingerprint density at radius 1 is 1.03 bits per heavy atom. The van der Waals surface area contributed by atoms with Crippen LogP contribution in [-0.2, 0) is 11.0 Å². The molecule has 0 spiro atoms. The number of anilines is 1. The predicted molar refractivity (Wildman–Crippen MR) is 123 cm³/mol. The standard InChI is InChI=1S/C26H31F3N2O2/c1-2-25(33)30-23-7-5-6-21(18-23)19-13-16-31(17-14-19)15-4-3-8-24(32)20-9-11-22(12-10-20)26(27,28)29/h5-7,9-12,18-19H,2-4,8,13-17H2,1H3,(H,30,33). The van der Waals surface area contributed by atoms with Crippen molar-refractivity contribution in [2.45, 2.75) is 57.5 Å². The number of likely N-dealkylation sites (tertiary alicyclic amines) is 1. The van der Waals surface area contributed by atoms with Crippen molar-refractivity contribution in [1.82, 2.24) is 4.90 Å². The van der Waals surface area contributed by atoms with Crippen LogP contribution in [-0.4, -0.2) is 36.2 Å². The predicted octanol–water partition coefficient (Wildman–Crippen LogP) is 6.29. The highest BCUT2D eigenvalue weighted by atomic mass is 19.4. The van der Waals surface area contributed by atoms with E-state index < -0.39 is 11.7 Å². The van der Waals surface area contributed by atoms with Gasteiger partial charge in [0.15, 0.2) is 5.78 Å². The summed E-state index contributed by atoms with van der Waals surface area (Å²) in [5.74, 6) is 0.372. The molecule has 0 saturated carbocycles. The summed E-state index contributed by atoms with van der Waals surface area (Å²) in [5, 5.41) is 2.92. The van der Waals surface area contributed by atoms with Crippen molar-refractivity contribution in [3.05, 3.63) is 65.2 Å². The molecular weight excluding hydrogens is 429 g/mol. The van der Waals surface area contributed by atoms with E-state index >= 15 is 0 Å². The number of piperidine rings is 1. The molecule has 1 aliphatic rings. The Hall–Kier alpha value is -2.67. The van der Waals surface area contributed by atoms with Crippen LogP contribution in [0.3, 0.4) is 0 Å². The fourth-order valence-corrected chi connectivity index (χ4v) is 4.22. The first-order valence-electron chi connectivity index (χ1n) is 11.6. The molecule has 1 N–H and O–H groups in total.